The summed E-state index contributed by atoms with van der Waals surface area (Å²) in [6, 6.07) is 0. The highest BCUT2D eigenvalue weighted by Crippen LogP contribution is 2.14. The van der Waals surface area contributed by atoms with Crippen LogP contribution in [-0.2, 0) is 0 Å². The van der Waals surface area contributed by atoms with Crippen LogP contribution in [0.4, 0.5) is 4.39 Å². The second-order valence-corrected chi connectivity index (χ2v) is 1.74. The lowest BCUT2D eigenvalue weighted by molar-refractivity contribution is -0.141. The third-order valence-electron chi connectivity index (χ3n) is 1.15. The summed E-state index contributed by atoms with van der Waals surface area (Å²) < 4.78 is 12.0. The Balaban J connectivity index is 2.33. The van der Waals surface area contributed by atoms with Crippen molar-refractivity contribution in [2.75, 3.05) is 6.54 Å². The lowest BCUT2D eigenvalue weighted by Crippen LogP contribution is -2.20. The summed E-state index contributed by atoms with van der Waals surface area (Å²) >= 11 is 0. The quantitative estimate of drug-likeness (QED) is 0.460. The van der Waals surface area contributed by atoms with E-state index in [9.17, 15) is 4.39 Å². The standard InChI is InChI=1S/C4H8FNO/c5-4-2-1-3-6(4)7/h4,7H,1-3H2. The van der Waals surface area contributed by atoms with Crippen LogP contribution in [-0.4, -0.2) is 23.1 Å². The molecule has 2 nitrogen and oxygen atoms in total. The summed E-state index contributed by atoms with van der Waals surface area (Å²) in [6.45, 7) is 0.487. The minimum Gasteiger partial charge on any atom is -0.311 e. The molecule has 1 rings (SSSR count). The molecule has 0 aromatic carbocycles. The molecule has 1 saturated heterocycles. The molecule has 7 heavy (non-hydrogen) atoms. The zero-order chi connectivity index (χ0) is 5.28. The number of nitrogens with zero attached hydrogens (tertiary/aromatic N) is 1. The zero-order valence-corrected chi connectivity index (χ0v) is 3.97. The summed E-state index contributed by atoms with van der Waals surface area (Å²) in [5.41, 5.74) is 0. The van der Waals surface area contributed by atoms with Gasteiger partial charge in [0.2, 0.25) is 0 Å². The fourth-order valence-electron chi connectivity index (χ4n) is 0.711. The third kappa shape index (κ3) is 0.894. The SMILES string of the molecule is ON1CCCC1F. The fourth-order valence-corrected chi connectivity index (χ4v) is 0.711. The number of alkyl halides is 1. The smallest absolute Gasteiger partial charge is 0.175 e. The van der Waals surface area contributed by atoms with E-state index < -0.39 is 6.30 Å². The van der Waals surface area contributed by atoms with Gasteiger partial charge in [-0.05, 0) is 12.8 Å². The molecule has 0 amide bonds. The number of hydroxylamine groups is 2. The van der Waals surface area contributed by atoms with Crippen molar-refractivity contribution in [3.8, 4) is 0 Å². The molecule has 1 atom stereocenters. The first-order valence-corrected chi connectivity index (χ1v) is 2.40. The lowest BCUT2D eigenvalue weighted by atomic mass is 10.4. The van der Waals surface area contributed by atoms with Crippen LogP contribution in [0.2, 0.25) is 0 Å². The highest BCUT2D eigenvalue weighted by atomic mass is 19.1. The molecule has 0 bridgehead atoms. The molecule has 3 heteroatoms. The molecule has 1 N–H and O–H groups in total. The lowest BCUT2D eigenvalue weighted by Gasteiger charge is -2.05. The van der Waals surface area contributed by atoms with Crippen molar-refractivity contribution in [3.63, 3.8) is 0 Å². The van der Waals surface area contributed by atoms with Crippen LogP contribution in [0.5, 0.6) is 0 Å². The Kier molecular flexibility index (Phi) is 1.25. The van der Waals surface area contributed by atoms with Crippen LogP contribution >= 0.6 is 0 Å². The predicted octanol–water partition coefficient (Wildman–Crippen LogP) is 0.767. The summed E-state index contributed by atoms with van der Waals surface area (Å²) in [5.74, 6) is 0. The Labute approximate surface area is 41.5 Å². The van der Waals surface area contributed by atoms with Crippen molar-refractivity contribution in [2.45, 2.75) is 19.1 Å². The van der Waals surface area contributed by atoms with E-state index in [0.29, 0.717) is 13.0 Å². The van der Waals surface area contributed by atoms with Gasteiger partial charge in [0.05, 0.1) is 0 Å². The van der Waals surface area contributed by atoms with E-state index in [4.69, 9.17) is 5.21 Å². The maximum atomic E-state index is 12.0. The molecule has 0 radical (unpaired) electrons. The third-order valence-corrected chi connectivity index (χ3v) is 1.15. The Morgan fingerprint density at radius 2 is 2.43 bits per heavy atom. The van der Waals surface area contributed by atoms with Gasteiger partial charge in [0.25, 0.3) is 0 Å². The van der Waals surface area contributed by atoms with Crippen LogP contribution in [0.15, 0.2) is 0 Å². The summed E-state index contributed by atoms with van der Waals surface area (Å²) in [5, 5.41) is 9.19. The predicted molar refractivity (Wildman–Crippen MR) is 22.6 cm³/mol. The Morgan fingerprint density at radius 1 is 1.71 bits per heavy atom. The first-order valence-electron chi connectivity index (χ1n) is 2.40. The van der Waals surface area contributed by atoms with Gasteiger partial charge in [-0.1, -0.05) is 0 Å². The van der Waals surface area contributed by atoms with Gasteiger partial charge in [0, 0.05) is 6.54 Å². The van der Waals surface area contributed by atoms with E-state index in [1.165, 1.54) is 0 Å². The van der Waals surface area contributed by atoms with Gasteiger partial charge in [-0.25, -0.2) is 4.39 Å². The maximum absolute atomic E-state index is 12.0. The average Bonchev–Trinajstić information content (AvgIpc) is 1.91. The molecular weight excluding hydrogens is 97.0 g/mol. The second-order valence-electron chi connectivity index (χ2n) is 1.74. The highest BCUT2D eigenvalue weighted by molar-refractivity contribution is 4.61. The van der Waals surface area contributed by atoms with Crippen molar-refractivity contribution < 1.29 is 9.60 Å². The van der Waals surface area contributed by atoms with Crippen LogP contribution in [0, 0.1) is 0 Å². The molecular formula is C4H8FNO. The van der Waals surface area contributed by atoms with Gasteiger partial charge >= 0.3 is 0 Å². The Hall–Kier alpha value is -0.150. The number of hydrogen-bond donors (Lipinski definition) is 1. The molecule has 42 valence electrons. The van der Waals surface area contributed by atoms with Gasteiger partial charge in [0.15, 0.2) is 6.30 Å². The van der Waals surface area contributed by atoms with Gasteiger partial charge in [-0.2, -0.15) is 5.06 Å². The Bertz CT molecular complexity index is 60.7. The minimum absolute atomic E-state index is 0.483. The largest absolute Gasteiger partial charge is 0.311 e. The molecule has 0 saturated carbocycles. The second kappa shape index (κ2) is 1.76. The molecule has 1 fully saturated rings. The van der Waals surface area contributed by atoms with E-state index in [2.05, 4.69) is 0 Å². The molecule has 0 aromatic heterocycles. The van der Waals surface area contributed by atoms with E-state index in [1.807, 2.05) is 0 Å². The zero-order valence-electron chi connectivity index (χ0n) is 3.97. The van der Waals surface area contributed by atoms with Gasteiger partial charge in [0.1, 0.15) is 0 Å². The normalized spacial score (nSPS) is 34.3. The van der Waals surface area contributed by atoms with E-state index in [0.717, 1.165) is 11.5 Å². The van der Waals surface area contributed by atoms with Crippen LogP contribution < -0.4 is 0 Å². The molecule has 1 aliphatic heterocycles. The molecule has 0 aliphatic carbocycles. The van der Waals surface area contributed by atoms with Gasteiger partial charge in [-0.3, -0.25) is 0 Å². The van der Waals surface area contributed by atoms with Crippen molar-refractivity contribution in [1.29, 1.82) is 0 Å². The summed E-state index contributed by atoms with van der Waals surface area (Å²) in [7, 11) is 0. The topological polar surface area (TPSA) is 23.5 Å². The van der Waals surface area contributed by atoms with E-state index >= 15 is 0 Å². The van der Waals surface area contributed by atoms with Crippen molar-refractivity contribution in [3.05, 3.63) is 0 Å². The number of halogens is 1. The highest BCUT2D eigenvalue weighted by Gasteiger charge is 2.20. The number of rotatable bonds is 0. The first-order chi connectivity index (χ1) is 3.30. The van der Waals surface area contributed by atoms with Crippen LogP contribution in [0.3, 0.4) is 0 Å². The van der Waals surface area contributed by atoms with Crippen molar-refractivity contribution in [1.82, 2.24) is 5.06 Å². The minimum atomic E-state index is -1.10. The average molecular weight is 105 g/mol. The van der Waals surface area contributed by atoms with Gasteiger partial charge in [-0.15, -0.1) is 0 Å². The fraction of sp³-hybridized carbons (Fsp3) is 1.00. The molecule has 1 unspecified atom stereocenters. The van der Waals surface area contributed by atoms with Gasteiger partial charge < -0.3 is 5.21 Å². The van der Waals surface area contributed by atoms with E-state index in [-0.39, 0.29) is 0 Å². The molecule has 1 aliphatic rings. The van der Waals surface area contributed by atoms with Crippen molar-refractivity contribution >= 4 is 0 Å². The summed E-state index contributed by atoms with van der Waals surface area (Å²) in [6.07, 6.45) is 0.161. The Morgan fingerprint density at radius 3 is 2.57 bits per heavy atom. The summed E-state index contributed by atoms with van der Waals surface area (Å²) in [4.78, 5) is 0. The van der Waals surface area contributed by atoms with Crippen LogP contribution in [0.25, 0.3) is 0 Å². The first kappa shape index (κ1) is 5.00. The molecule has 0 aromatic rings. The van der Waals surface area contributed by atoms with Crippen LogP contribution in [0.1, 0.15) is 12.8 Å². The molecule has 0 spiro atoms. The van der Waals surface area contributed by atoms with Crippen molar-refractivity contribution in [2.24, 2.45) is 0 Å². The number of hydrogen-bond acceptors (Lipinski definition) is 2. The monoisotopic (exact) mass is 105 g/mol. The maximum Gasteiger partial charge on any atom is 0.175 e. The molecule has 1 heterocycles. The van der Waals surface area contributed by atoms with E-state index in [1.54, 1.807) is 0 Å².